The van der Waals surface area contributed by atoms with Gasteiger partial charge in [-0.15, -0.1) is 0 Å². The van der Waals surface area contributed by atoms with E-state index in [1.165, 1.54) is 12.5 Å². The molecule has 0 radical (unpaired) electrons. The highest BCUT2D eigenvalue weighted by molar-refractivity contribution is 5.55. The summed E-state index contributed by atoms with van der Waals surface area (Å²) >= 11 is 0. The van der Waals surface area contributed by atoms with Gasteiger partial charge in [-0.3, -0.25) is 0 Å². The summed E-state index contributed by atoms with van der Waals surface area (Å²) in [5, 5.41) is 8.66. The molecule has 0 aromatic carbocycles. The van der Waals surface area contributed by atoms with Crippen molar-refractivity contribution in [2.75, 3.05) is 0 Å². The normalized spacial score (nSPS) is 9.70. The molecule has 0 bridgehead atoms. The molecule has 0 aliphatic heterocycles. The summed E-state index contributed by atoms with van der Waals surface area (Å²) in [6.07, 6.45) is 4.01. The summed E-state index contributed by atoms with van der Waals surface area (Å²) in [6.45, 7) is -0.0698. The first-order valence-electron chi connectivity index (χ1n) is 2.97. The molecule has 0 spiro atoms. The van der Waals surface area contributed by atoms with Crippen molar-refractivity contribution in [2.24, 2.45) is 0 Å². The maximum atomic E-state index is 10.0. The monoisotopic (exact) mass is 140 g/mol. The van der Waals surface area contributed by atoms with Gasteiger partial charge >= 0.3 is 0 Å². The van der Waals surface area contributed by atoms with Gasteiger partial charge in [0.1, 0.15) is 6.29 Å². The van der Waals surface area contributed by atoms with Crippen LogP contribution in [0.5, 0.6) is 0 Å². The third-order valence-electron chi connectivity index (χ3n) is 1.31. The second-order valence-electron chi connectivity index (χ2n) is 1.95. The van der Waals surface area contributed by atoms with Gasteiger partial charge in [-0.05, 0) is 0 Å². The summed E-state index contributed by atoms with van der Waals surface area (Å²) in [4.78, 5) is 10.0. The molecule has 0 amide bonds. The molecular weight excluding hydrogens is 132 g/mol. The molecule has 1 rings (SSSR count). The first kappa shape index (κ1) is 7.02. The summed E-state index contributed by atoms with van der Waals surface area (Å²) in [7, 11) is 0. The molecule has 0 aliphatic carbocycles. The van der Waals surface area contributed by atoms with E-state index in [4.69, 9.17) is 9.52 Å². The lowest BCUT2D eigenvalue weighted by atomic mass is 10.2. The predicted octanol–water partition coefficient (Wildman–Crippen LogP) is 0.513. The molecular formula is C7H8O3. The van der Waals surface area contributed by atoms with Crippen LogP contribution in [0.25, 0.3) is 0 Å². The van der Waals surface area contributed by atoms with E-state index in [2.05, 4.69) is 0 Å². The van der Waals surface area contributed by atoms with Gasteiger partial charge in [0.2, 0.25) is 0 Å². The molecule has 3 heteroatoms. The highest BCUT2D eigenvalue weighted by Gasteiger charge is 2.01. The minimum Gasteiger partial charge on any atom is -0.472 e. The molecule has 0 saturated heterocycles. The number of aldehydes is 1. The molecule has 1 N–H and O–H groups in total. The van der Waals surface area contributed by atoms with E-state index in [9.17, 15) is 4.79 Å². The first-order valence-corrected chi connectivity index (χ1v) is 2.97. The van der Waals surface area contributed by atoms with Gasteiger partial charge < -0.3 is 14.3 Å². The van der Waals surface area contributed by atoms with Crippen molar-refractivity contribution in [3.8, 4) is 0 Å². The quantitative estimate of drug-likeness (QED) is 0.622. The Bertz CT molecular complexity index is 214. The third kappa shape index (κ3) is 1.25. The van der Waals surface area contributed by atoms with Gasteiger partial charge in [0.15, 0.2) is 0 Å². The number of aliphatic hydroxyl groups is 1. The van der Waals surface area contributed by atoms with E-state index in [1.807, 2.05) is 0 Å². The van der Waals surface area contributed by atoms with Crippen molar-refractivity contribution < 1.29 is 14.3 Å². The minimum absolute atomic E-state index is 0.0698. The topological polar surface area (TPSA) is 50.4 Å². The summed E-state index contributed by atoms with van der Waals surface area (Å²) < 4.78 is 4.77. The number of carbonyl (C=O) groups is 1. The van der Waals surface area contributed by atoms with Crippen molar-refractivity contribution in [1.29, 1.82) is 0 Å². The number of furan rings is 1. The largest absolute Gasteiger partial charge is 0.472 e. The zero-order chi connectivity index (χ0) is 7.40. The Morgan fingerprint density at radius 1 is 1.50 bits per heavy atom. The van der Waals surface area contributed by atoms with E-state index in [1.54, 1.807) is 0 Å². The Morgan fingerprint density at radius 2 is 2.20 bits per heavy atom. The van der Waals surface area contributed by atoms with E-state index in [0.29, 0.717) is 12.0 Å². The van der Waals surface area contributed by atoms with Gasteiger partial charge in [0.25, 0.3) is 0 Å². The van der Waals surface area contributed by atoms with Crippen molar-refractivity contribution in [3.05, 3.63) is 23.7 Å². The van der Waals surface area contributed by atoms with Crippen molar-refractivity contribution in [2.45, 2.75) is 13.0 Å². The van der Waals surface area contributed by atoms with E-state index < -0.39 is 0 Å². The summed E-state index contributed by atoms with van der Waals surface area (Å²) in [6, 6.07) is 0. The van der Waals surface area contributed by atoms with Crippen LogP contribution in [0.1, 0.15) is 11.1 Å². The molecule has 0 unspecified atom stereocenters. The lowest BCUT2D eigenvalue weighted by Crippen LogP contribution is -1.89. The average Bonchev–Trinajstić information content (AvgIpc) is 2.36. The fraction of sp³-hybridized carbons (Fsp3) is 0.286. The lowest BCUT2D eigenvalue weighted by molar-refractivity contribution is -0.107. The lowest BCUT2D eigenvalue weighted by Gasteiger charge is -1.90. The van der Waals surface area contributed by atoms with E-state index >= 15 is 0 Å². The predicted molar refractivity (Wildman–Crippen MR) is 34.4 cm³/mol. The Morgan fingerprint density at radius 3 is 2.80 bits per heavy atom. The molecule has 1 aromatic rings. The standard InChI is InChI=1S/C7H8O3/c8-2-1-6-4-10-5-7(6)3-9/h2,4-5,9H,1,3H2. The van der Waals surface area contributed by atoms with Crippen LogP contribution in [0.4, 0.5) is 0 Å². The zero-order valence-corrected chi connectivity index (χ0v) is 5.41. The van der Waals surface area contributed by atoms with Gasteiger partial charge in [0.05, 0.1) is 19.1 Å². The molecule has 10 heavy (non-hydrogen) atoms. The van der Waals surface area contributed by atoms with Crippen LogP contribution in [0.2, 0.25) is 0 Å². The Hall–Kier alpha value is -1.09. The van der Waals surface area contributed by atoms with Crippen LogP contribution in [-0.2, 0) is 17.8 Å². The molecule has 3 nitrogen and oxygen atoms in total. The van der Waals surface area contributed by atoms with Gasteiger partial charge in [-0.2, -0.15) is 0 Å². The maximum Gasteiger partial charge on any atom is 0.124 e. The van der Waals surface area contributed by atoms with Crippen molar-refractivity contribution >= 4 is 6.29 Å². The van der Waals surface area contributed by atoms with Crippen molar-refractivity contribution in [1.82, 2.24) is 0 Å². The maximum absolute atomic E-state index is 10.0. The number of carbonyl (C=O) groups excluding carboxylic acids is 1. The smallest absolute Gasteiger partial charge is 0.124 e. The van der Waals surface area contributed by atoms with Crippen LogP contribution in [0, 0.1) is 0 Å². The molecule has 1 heterocycles. The zero-order valence-electron chi connectivity index (χ0n) is 5.41. The van der Waals surface area contributed by atoms with Gasteiger partial charge in [-0.25, -0.2) is 0 Å². The van der Waals surface area contributed by atoms with Crippen LogP contribution < -0.4 is 0 Å². The summed E-state index contributed by atoms with van der Waals surface area (Å²) in [5.74, 6) is 0. The molecule has 54 valence electrons. The number of hydrogen-bond donors (Lipinski definition) is 1. The summed E-state index contributed by atoms with van der Waals surface area (Å²) in [5.41, 5.74) is 1.45. The minimum atomic E-state index is -0.0698. The molecule has 0 atom stereocenters. The molecule has 0 saturated carbocycles. The van der Waals surface area contributed by atoms with Crippen LogP contribution >= 0.6 is 0 Å². The Kier molecular flexibility index (Phi) is 2.23. The van der Waals surface area contributed by atoms with Gasteiger partial charge in [-0.1, -0.05) is 0 Å². The van der Waals surface area contributed by atoms with Crippen LogP contribution in [0.15, 0.2) is 16.9 Å². The van der Waals surface area contributed by atoms with Gasteiger partial charge in [0, 0.05) is 17.5 Å². The van der Waals surface area contributed by atoms with Crippen molar-refractivity contribution in [3.63, 3.8) is 0 Å². The fourth-order valence-electron chi connectivity index (χ4n) is 0.757. The number of hydrogen-bond acceptors (Lipinski definition) is 3. The Balaban J connectivity index is 2.79. The second kappa shape index (κ2) is 3.17. The molecule has 0 fully saturated rings. The number of aliphatic hydroxyl groups excluding tert-OH is 1. The highest BCUT2D eigenvalue weighted by Crippen LogP contribution is 2.09. The molecule has 0 aliphatic rings. The second-order valence-corrected chi connectivity index (χ2v) is 1.95. The highest BCUT2D eigenvalue weighted by atomic mass is 16.3. The third-order valence-corrected chi connectivity index (χ3v) is 1.31. The van der Waals surface area contributed by atoms with Crippen LogP contribution in [-0.4, -0.2) is 11.4 Å². The Labute approximate surface area is 58.3 Å². The number of rotatable bonds is 3. The van der Waals surface area contributed by atoms with E-state index in [-0.39, 0.29) is 6.61 Å². The first-order chi connectivity index (χ1) is 4.88. The fourth-order valence-corrected chi connectivity index (χ4v) is 0.757. The van der Waals surface area contributed by atoms with Crippen LogP contribution in [0.3, 0.4) is 0 Å². The van der Waals surface area contributed by atoms with E-state index in [0.717, 1.165) is 11.8 Å². The molecule has 1 aromatic heterocycles. The SMILES string of the molecule is O=CCc1cocc1CO. The average molecular weight is 140 g/mol.